The van der Waals surface area contributed by atoms with Gasteiger partial charge in [-0.1, -0.05) is 205 Å². The van der Waals surface area contributed by atoms with Crippen molar-refractivity contribution in [2.45, 2.75) is 214 Å². The summed E-state index contributed by atoms with van der Waals surface area (Å²) in [4.78, 5) is 7.74. The number of aromatic nitrogens is 7. The molecule has 0 atom stereocenters. The van der Waals surface area contributed by atoms with Gasteiger partial charge in [-0.2, -0.15) is 16.4 Å². The Morgan fingerprint density at radius 3 is 0.887 bits per heavy atom. The second kappa shape index (κ2) is 55.6. The number of imidazole rings is 2. The maximum Gasteiger partial charge on any atom is 0.123 e. The highest BCUT2D eigenvalue weighted by atomic mass is 32.1. The van der Waals surface area contributed by atoms with E-state index in [0.29, 0.717) is 21.7 Å². The van der Waals surface area contributed by atoms with Gasteiger partial charge in [0.05, 0.1) is 18.9 Å². The van der Waals surface area contributed by atoms with Crippen LogP contribution in [0.4, 0.5) is 0 Å². The van der Waals surface area contributed by atoms with Crippen LogP contribution in [0.1, 0.15) is 208 Å². The van der Waals surface area contributed by atoms with Gasteiger partial charge in [0, 0.05) is 56.8 Å². The molecule has 0 radical (unpaired) electrons. The van der Waals surface area contributed by atoms with Gasteiger partial charge in [-0.05, 0) is 65.3 Å². The molecular formula is C53H113N7OS. The van der Waals surface area contributed by atoms with Crippen molar-refractivity contribution in [1.29, 1.82) is 0 Å². The molecule has 0 spiro atoms. The molecule has 62 heavy (non-hydrogen) atoms. The van der Waals surface area contributed by atoms with Crippen LogP contribution in [-0.2, 0) is 19.6 Å². The van der Waals surface area contributed by atoms with Crippen LogP contribution in [0.15, 0.2) is 102 Å². The van der Waals surface area contributed by atoms with Crippen molar-refractivity contribution in [3.8, 4) is 0 Å². The molecule has 5 aromatic heterocycles. The number of nitrogens with zero attached hydrogens (tertiary/aromatic N) is 7. The third-order valence-corrected chi connectivity index (χ3v) is 3.95. The van der Waals surface area contributed by atoms with E-state index in [1.165, 1.54) is 6.26 Å². The molecule has 9 heteroatoms. The first-order valence-electron chi connectivity index (χ1n) is 22.5. The van der Waals surface area contributed by atoms with Crippen molar-refractivity contribution < 1.29 is 4.52 Å². The summed E-state index contributed by atoms with van der Waals surface area (Å²) in [6, 6.07) is 7.65. The molecule has 0 unspecified atom stereocenters. The van der Waals surface area contributed by atoms with Crippen LogP contribution >= 0.6 is 11.3 Å². The largest absolute Gasteiger partial charge is 0.365 e. The molecule has 0 aliphatic heterocycles. The minimum absolute atomic E-state index is 0. The zero-order valence-electron chi connectivity index (χ0n) is 46.7. The number of thiophene rings is 1. The highest BCUT2D eigenvalue weighted by Gasteiger charge is 2.09. The van der Waals surface area contributed by atoms with E-state index in [0.717, 1.165) is 0 Å². The Labute approximate surface area is 395 Å². The van der Waals surface area contributed by atoms with E-state index in [1.54, 1.807) is 53.2 Å². The fraction of sp³-hybridized carbons (Fsp3) is 0.698. The lowest BCUT2D eigenvalue weighted by Gasteiger charge is -2.19. The standard InChI is InChI=1S/C7H12N2.4C5H12.2C4H6N2.C4H4S.C3H3NO.5C2H6.CH4/c1-7(2,3)9-5-4-8-6-9;4*1-5(2,3)4;1-6-3-2-5-4-6;1-6-4-2-3-5-6;2*1-2-4-5-3-1;5*1-2;/h4-6H,1-3H3;4*1-4H3;2*2-4H,1H3;1-4H;1-3H;5*1-2H3;1H4. The SMILES string of the molecule is C.CC.CC.CC.CC.CC.CC(C)(C)C.CC(C)(C)C.CC(C)(C)C.CC(C)(C)C.CC(C)(C)n1ccnc1.Cn1cccn1.Cn1ccnc1.c1ccsc1.c1cnoc1. The second-order valence-corrected chi connectivity index (χ2v) is 19.8. The lowest BCUT2D eigenvalue weighted by Crippen LogP contribution is -2.19. The smallest absolute Gasteiger partial charge is 0.123 e. The molecule has 372 valence electrons. The summed E-state index contributed by atoms with van der Waals surface area (Å²) in [5.41, 5.74) is 2.18. The van der Waals surface area contributed by atoms with Crippen molar-refractivity contribution >= 4 is 11.3 Å². The van der Waals surface area contributed by atoms with Crippen molar-refractivity contribution in [1.82, 2.24) is 34.0 Å². The van der Waals surface area contributed by atoms with Crippen molar-refractivity contribution in [3.63, 3.8) is 0 Å². The molecule has 0 aliphatic carbocycles. The third-order valence-electron chi connectivity index (χ3n) is 3.32. The van der Waals surface area contributed by atoms with E-state index in [1.807, 2.05) is 142 Å². The Hall–Kier alpha value is -3.46. The number of aryl methyl sites for hydroxylation is 2. The monoisotopic (exact) mass is 896 g/mol. The van der Waals surface area contributed by atoms with E-state index in [2.05, 4.69) is 161 Å². The summed E-state index contributed by atoms with van der Waals surface area (Å²) in [6.45, 7) is 61.4. The fourth-order valence-electron chi connectivity index (χ4n) is 1.73. The van der Waals surface area contributed by atoms with Gasteiger partial charge < -0.3 is 13.7 Å². The first kappa shape index (κ1) is 82.3. The molecule has 0 N–H and O–H groups in total. The fourth-order valence-corrected chi connectivity index (χ4v) is 2.18. The first-order chi connectivity index (χ1) is 27.9. The first-order valence-corrected chi connectivity index (χ1v) is 23.5. The predicted octanol–water partition coefficient (Wildman–Crippen LogP) is 18.9. The summed E-state index contributed by atoms with van der Waals surface area (Å²) in [5.74, 6) is 0. The Bertz CT molecular complexity index is 1110. The average molecular weight is 897 g/mol. The van der Waals surface area contributed by atoms with Crippen LogP contribution in [-0.4, -0.2) is 34.0 Å². The number of rotatable bonds is 0. The molecule has 0 aliphatic rings. The Kier molecular flexibility index (Phi) is 73.7. The van der Waals surface area contributed by atoms with Crippen LogP contribution in [0.2, 0.25) is 0 Å². The topological polar surface area (TPSA) is 79.5 Å². The minimum Gasteiger partial charge on any atom is -0.365 e. The van der Waals surface area contributed by atoms with Gasteiger partial charge in [-0.15, -0.1) is 0 Å². The van der Waals surface area contributed by atoms with E-state index < -0.39 is 0 Å². The van der Waals surface area contributed by atoms with Gasteiger partial charge in [0.15, 0.2) is 0 Å². The van der Waals surface area contributed by atoms with Crippen LogP contribution < -0.4 is 0 Å². The molecule has 0 bridgehead atoms. The summed E-state index contributed by atoms with van der Waals surface area (Å²) < 4.78 is 10.0. The Morgan fingerprint density at radius 2 is 0.790 bits per heavy atom. The van der Waals surface area contributed by atoms with E-state index in [-0.39, 0.29) is 13.0 Å². The van der Waals surface area contributed by atoms with Gasteiger partial charge in [-0.25, -0.2) is 9.97 Å². The maximum absolute atomic E-state index is 4.33. The normalized spacial score (nSPS) is 9.08. The lowest BCUT2D eigenvalue weighted by atomic mass is 10.0. The van der Waals surface area contributed by atoms with Gasteiger partial charge in [0.25, 0.3) is 0 Å². The molecule has 8 nitrogen and oxygen atoms in total. The molecule has 0 aromatic carbocycles. The molecule has 0 fully saturated rings. The van der Waals surface area contributed by atoms with E-state index in [9.17, 15) is 0 Å². The van der Waals surface area contributed by atoms with Gasteiger partial charge in [-0.3, -0.25) is 4.68 Å². The predicted molar refractivity (Wildman–Crippen MR) is 288 cm³/mol. The third kappa shape index (κ3) is 155. The van der Waals surface area contributed by atoms with Crippen LogP contribution in [0.5, 0.6) is 0 Å². The van der Waals surface area contributed by atoms with Crippen molar-refractivity contribution in [2.75, 3.05) is 0 Å². The minimum atomic E-state index is 0. The van der Waals surface area contributed by atoms with Crippen molar-refractivity contribution in [2.24, 2.45) is 35.8 Å². The second-order valence-electron chi connectivity index (χ2n) is 19.0. The average Bonchev–Trinajstić information content (AvgIpc) is 3.99. The van der Waals surface area contributed by atoms with Crippen LogP contribution in [0, 0.1) is 21.7 Å². The van der Waals surface area contributed by atoms with Crippen LogP contribution in [0.3, 0.4) is 0 Å². The molecule has 0 saturated heterocycles. The van der Waals surface area contributed by atoms with E-state index >= 15 is 0 Å². The molecule has 0 saturated carbocycles. The number of hydrogen-bond donors (Lipinski definition) is 0. The summed E-state index contributed by atoms with van der Waals surface area (Å²) >= 11 is 1.71. The summed E-state index contributed by atoms with van der Waals surface area (Å²) in [5, 5.41) is 11.3. The molecule has 5 heterocycles. The lowest BCUT2D eigenvalue weighted by molar-refractivity contribution is 0.396. The molecule has 5 aromatic rings. The highest BCUT2D eigenvalue weighted by Crippen LogP contribution is 2.11. The van der Waals surface area contributed by atoms with Gasteiger partial charge in [0.2, 0.25) is 0 Å². The molecular weight excluding hydrogens is 783 g/mol. The summed E-state index contributed by atoms with van der Waals surface area (Å²) in [6.07, 6.45) is 17.7. The van der Waals surface area contributed by atoms with Gasteiger partial charge >= 0.3 is 0 Å². The Morgan fingerprint density at radius 1 is 0.435 bits per heavy atom. The quantitative estimate of drug-likeness (QED) is 0.155. The zero-order chi connectivity index (χ0) is 50.8. The molecule has 5 rings (SSSR count). The molecule has 0 amide bonds. The van der Waals surface area contributed by atoms with Crippen LogP contribution in [0.25, 0.3) is 0 Å². The number of hydrogen-bond acceptors (Lipinski definition) is 6. The summed E-state index contributed by atoms with van der Waals surface area (Å²) in [7, 11) is 3.83. The zero-order valence-corrected chi connectivity index (χ0v) is 47.5. The van der Waals surface area contributed by atoms with E-state index in [4.69, 9.17) is 0 Å². The highest BCUT2D eigenvalue weighted by molar-refractivity contribution is 7.07. The maximum atomic E-state index is 4.33. The van der Waals surface area contributed by atoms with Gasteiger partial charge in [0.1, 0.15) is 6.26 Å². The Balaban J connectivity index is -0.0000000600. The van der Waals surface area contributed by atoms with Crippen molar-refractivity contribution in [3.05, 3.63) is 97.3 Å².